The van der Waals surface area contributed by atoms with Crippen molar-refractivity contribution >= 4 is 27.9 Å². The SMILES string of the molecule is C=CCn1c(-c2ccccc2)c(NC(C)=O)sc1=Nc1ccccc1OC. The number of carbonyl (C=O) groups is 1. The number of benzene rings is 2. The van der Waals surface area contributed by atoms with Gasteiger partial charge in [-0.3, -0.25) is 4.79 Å². The molecule has 3 rings (SSSR count). The number of methoxy groups -OCH3 is 1. The number of rotatable bonds is 6. The highest BCUT2D eigenvalue weighted by Crippen LogP contribution is 2.32. The van der Waals surface area contributed by atoms with Gasteiger partial charge in [-0.25, -0.2) is 4.99 Å². The highest BCUT2D eigenvalue weighted by Gasteiger charge is 2.16. The number of amides is 1. The van der Waals surface area contributed by atoms with Crippen molar-refractivity contribution in [3.05, 3.63) is 72.1 Å². The molecule has 0 bridgehead atoms. The minimum Gasteiger partial charge on any atom is -0.494 e. The maximum Gasteiger partial charge on any atom is 0.221 e. The van der Waals surface area contributed by atoms with Gasteiger partial charge in [-0.1, -0.05) is 59.9 Å². The Labute approximate surface area is 162 Å². The number of allylic oxidation sites excluding steroid dienone is 1. The van der Waals surface area contributed by atoms with E-state index in [4.69, 9.17) is 9.73 Å². The summed E-state index contributed by atoms with van der Waals surface area (Å²) in [5.41, 5.74) is 2.64. The molecule has 6 heteroatoms. The van der Waals surface area contributed by atoms with E-state index < -0.39 is 0 Å². The summed E-state index contributed by atoms with van der Waals surface area (Å²) >= 11 is 1.42. The van der Waals surface area contributed by atoms with Gasteiger partial charge in [-0.2, -0.15) is 0 Å². The topological polar surface area (TPSA) is 55.6 Å². The lowest BCUT2D eigenvalue weighted by Gasteiger charge is -2.09. The average Bonchev–Trinajstić information content (AvgIpc) is 2.99. The summed E-state index contributed by atoms with van der Waals surface area (Å²) < 4.78 is 7.46. The van der Waals surface area contributed by atoms with Crippen LogP contribution in [0, 0.1) is 0 Å². The van der Waals surface area contributed by atoms with Crippen LogP contribution < -0.4 is 14.9 Å². The molecule has 0 saturated carbocycles. The molecule has 0 atom stereocenters. The molecular formula is C21H21N3O2S. The molecule has 0 radical (unpaired) electrons. The van der Waals surface area contributed by atoms with Gasteiger partial charge >= 0.3 is 0 Å². The molecule has 0 saturated heterocycles. The molecule has 0 spiro atoms. The van der Waals surface area contributed by atoms with Crippen LogP contribution in [0.3, 0.4) is 0 Å². The lowest BCUT2D eigenvalue weighted by atomic mass is 10.1. The van der Waals surface area contributed by atoms with E-state index in [9.17, 15) is 4.79 Å². The van der Waals surface area contributed by atoms with E-state index in [2.05, 4.69) is 11.9 Å². The molecule has 27 heavy (non-hydrogen) atoms. The molecule has 1 aromatic heterocycles. The Morgan fingerprint density at radius 3 is 2.59 bits per heavy atom. The van der Waals surface area contributed by atoms with E-state index in [0.717, 1.165) is 26.7 Å². The van der Waals surface area contributed by atoms with Gasteiger partial charge in [0.15, 0.2) is 4.80 Å². The first-order valence-corrected chi connectivity index (χ1v) is 9.31. The quantitative estimate of drug-likeness (QED) is 0.636. The van der Waals surface area contributed by atoms with E-state index in [1.54, 1.807) is 7.11 Å². The van der Waals surface area contributed by atoms with Gasteiger partial charge in [-0.05, 0) is 12.1 Å². The summed E-state index contributed by atoms with van der Waals surface area (Å²) in [5, 5.41) is 3.69. The number of hydrogen-bond acceptors (Lipinski definition) is 4. The maximum absolute atomic E-state index is 11.7. The third kappa shape index (κ3) is 4.17. The lowest BCUT2D eigenvalue weighted by molar-refractivity contribution is -0.114. The smallest absolute Gasteiger partial charge is 0.221 e. The summed E-state index contributed by atoms with van der Waals surface area (Å²) in [4.78, 5) is 17.3. The lowest BCUT2D eigenvalue weighted by Crippen LogP contribution is -2.15. The van der Waals surface area contributed by atoms with Crippen LogP contribution in [0.2, 0.25) is 0 Å². The van der Waals surface area contributed by atoms with Gasteiger partial charge in [0.2, 0.25) is 5.91 Å². The van der Waals surface area contributed by atoms with E-state index in [0.29, 0.717) is 12.3 Å². The van der Waals surface area contributed by atoms with Gasteiger partial charge in [0.05, 0.1) is 12.8 Å². The number of nitrogens with one attached hydrogen (secondary N) is 1. The molecule has 1 heterocycles. The highest BCUT2D eigenvalue weighted by atomic mass is 32.1. The second-order valence-corrected chi connectivity index (χ2v) is 6.77. The number of carbonyl (C=O) groups excluding carboxylic acids is 1. The number of aromatic nitrogens is 1. The monoisotopic (exact) mass is 379 g/mol. The third-order valence-corrected chi connectivity index (χ3v) is 4.85. The summed E-state index contributed by atoms with van der Waals surface area (Å²) in [6.45, 7) is 5.94. The Morgan fingerprint density at radius 2 is 1.93 bits per heavy atom. The van der Waals surface area contributed by atoms with E-state index in [1.807, 2.05) is 65.2 Å². The van der Waals surface area contributed by atoms with Crippen molar-refractivity contribution in [3.63, 3.8) is 0 Å². The molecule has 1 N–H and O–H groups in total. The van der Waals surface area contributed by atoms with Crippen LogP contribution in [-0.2, 0) is 11.3 Å². The Hall–Kier alpha value is -3.12. The van der Waals surface area contributed by atoms with E-state index in [1.165, 1.54) is 18.3 Å². The van der Waals surface area contributed by atoms with Crippen LogP contribution in [0.4, 0.5) is 10.7 Å². The van der Waals surface area contributed by atoms with Gasteiger partial charge in [-0.15, -0.1) is 6.58 Å². The fraction of sp³-hybridized carbons (Fsp3) is 0.143. The first-order chi connectivity index (χ1) is 13.1. The second-order valence-electron chi connectivity index (χ2n) is 5.79. The summed E-state index contributed by atoms with van der Waals surface area (Å²) in [6.07, 6.45) is 1.82. The molecule has 0 fully saturated rings. The zero-order valence-corrected chi connectivity index (χ0v) is 16.1. The van der Waals surface area contributed by atoms with Gasteiger partial charge in [0.1, 0.15) is 16.4 Å². The zero-order valence-electron chi connectivity index (χ0n) is 15.3. The Bertz CT molecular complexity index is 1020. The van der Waals surface area contributed by atoms with Crippen LogP contribution in [0.25, 0.3) is 11.3 Å². The minimum atomic E-state index is -0.122. The Balaban J connectivity index is 2.28. The van der Waals surface area contributed by atoms with Crippen molar-refractivity contribution in [1.82, 2.24) is 4.57 Å². The number of ether oxygens (including phenoxy) is 1. The molecule has 3 aromatic rings. The normalized spacial score (nSPS) is 11.3. The first kappa shape index (κ1) is 18.7. The summed E-state index contributed by atoms with van der Waals surface area (Å²) in [6, 6.07) is 17.5. The van der Waals surface area contributed by atoms with Gasteiger partial charge in [0.25, 0.3) is 0 Å². The average molecular weight is 379 g/mol. The number of hydrogen-bond donors (Lipinski definition) is 1. The molecule has 1 amide bonds. The number of para-hydroxylation sites is 2. The molecule has 138 valence electrons. The highest BCUT2D eigenvalue weighted by molar-refractivity contribution is 7.14. The van der Waals surface area contributed by atoms with Crippen LogP contribution in [0.5, 0.6) is 5.75 Å². The molecule has 0 unspecified atom stereocenters. The van der Waals surface area contributed by atoms with Crippen molar-refractivity contribution in [2.24, 2.45) is 4.99 Å². The largest absolute Gasteiger partial charge is 0.494 e. The van der Waals surface area contributed by atoms with Crippen LogP contribution in [0.1, 0.15) is 6.92 Å². The maximum atomic E-state index is 11.7. The minimum absolute atomic E-state index is 0.122. The standard InChI is InChI=1S/C21H21N3O2S/c1-4-14-24-19(16-10-6-5-7-11-16)20(22-15(2)25)27-21(24)23-17-12-8-9-13-18(17)26-3/h4-13H,1,14H2,2-3H3,(H,22,25). The van der Waals surface area contributed by atoms with Crippen molar-refractivity contribution in [3.8, 4) is 17.0 Å². The first-order valence-electron chi connectivity index (χ1n) is 8.49. The van der Waals surface area contributed by atoms with Crippen molar-refractivity contribution in [1.29, 1.82) is 0 Å². The Kier molecular flexibility index (Phi) is 5.88. The predicted molar refractivity (Wildman–Crippen MR) is 110 cm³/mol. The molecule has 5 nitrogen and oxygen atoms in total. The van der Waals surface area contributed by atoms with Crippen molar-refractivity contribution in [2.45, 2.75) is 13.5 Å². The van der Waals surface area contributed by atoms with Crippen LogP contribution in [-0.4, -0.2) is 17.6 Å². The van der Waals surface area contributed by atoms with E-state index >= 15 is 0 Å². The van der Waals surface area contributed by atoms with E-state index in [-0.39, 0.29) is 5.91 Å². The number of nitrogens with zero attached hydrogens (tertiary/aromatic N) is 2. The van der Waals surface area contributed by atoms with Crippen molar-refractivity contribution in [2.75, 3.05) is 12.4 Å². The fourth-order valence-electron chi connectivity index (χ4n) is 2.75. The molecule has 0 aliphatic carbocycles. The zero-order chi connectivity index (χ0) is 19.2. The van der Waals surface area contributed by atoms with Crippen LogP contribution in [0.15, 0.2) is 72.2 Å². The number of anilines is 1. The number of thiazole rings is 1. The second kappa shape index (κ2) is 8.51. The molecule has 0 aliphatic rings. The van der Waals surface area contributed by atoms with Gasteiger partial charge in [0, 0.05) is 19.0 Å². The molecule has 2 aromatic carbocycles. The summed E-state index contributed by atoms with van der Waals surface area (Å²) in [5.74, 6) is 0.571. The van der Waals surface area contributed by atoms with Crippen molar-refractivity contribution < 1.29 is 9.53 Å². The Morgan fingerprint density at radius 1 is 1.22 bits per heavy atom. The predicted octanol–water partition coefficient (Wildman–Crippen LogP) is 4.60. The fourth-order valence-corrected chi connectivity index (χ4v) is 3.87. The molecular weight excluding hydrogens is 358 g/mol. The van der Waals surface area contributed by atoms with Gasteiger partial charge < -0.3 is 14.6 Å². The third-order valence-electron chi connectivity index (χ3n) is 3.86. The summed E-state index contributed by atoms with van der Waals surface area (Å²) in [7, 11) is 1.62. The van der Waals surface area contributed by atoms with Crippen LogP contribution >= 0.6 is 11.3 Å². The molecule has 0 aliphatic heterocycles.